The third-order valence-electron chi connectivity index (χ3n) is 3.80. The number of nitrogen functional groups attached to an aromatic ring is 1. The Balaban J connectivity index is 1.82. The number of likely N-dealkylation sites (tertiary alicyclic amines) is 1. The molecule has 106 valence electrons. The molecular formula is C14H23N3O2. The van der Waals surface area contributed by atoms with E-state index in [1.54, 1.807) is 6.07 Å². The Morgan fingerprint density at radius 1 is 1.47 bits per heavy atom. The number of carbonyl (C=O) groups excluding carboxylic acids is 1. The quantitative estimate of drug-likeness (QED) is 0.484. The average Bonchev–Trinajstić information content (AvgIpc) is 2.89. The van der Waals surface area contributed by atoms with E-state index in [1.807, 2.05) is 6.07 Å². The van der Waals surface area contributed by atoms with Crippen LogP contribution >= 0.6 is 0 Å². The van der Waals surface area contributed by atoms with Crippen molar-refractivity contribution >= 4 is 5.91 Å². The molecule has 0 aliphatic carbocycles. The molecular weight excluding hydrogens is 242 g/mol. The second kappa shape index (κ2) is 6.73. The molecule has 5 nitrogen and oxygen atoms in total. The summed E-state index contributed by atoms with van der Waals surface area (Å²) in [7, 11) is 0. The van der Waals surface area contributed by atoms with Gasteiger partial charge in [-0.25, -0.2) is 5.84 Å². The van der Waals surface area contributed by atoms with Gasteiger partial charge in [-0.05, 0) is 44.0 Å². The number of nitrogens with zero attached hydrogens (tertiary/aromatic N) is 1. The first-order valence-corrected chi connectivity index (χ1v) is 7.05. The summed E-state index contributed by atoms with van der Waals surface area (Å²) in [5, 5.41) is 0. The van der Waals surface area contributed by atoms with E-state index in [2.05, 4.69) is 17.2 Å². The van der Waals surface area contributed by atoms with Gasteiger partial charge < -0.3 is 4.42 Å². The van der Waals surface area contributed by atoms with Crippen LogP contribution in [-0.4, -0.2) is 23.9 Å². The van der Waals surface area contributed by atoms with Crippen molar-refractivity contribution in [2.24, 2.45) is 11.8 Å². The fourth-order valence-corrected chi connectivity index (χ4v) is 2.72. The van der Waals surface area contributed by atoms with Crippen LogP contribution in [0.25, 0.3) is 0 Å². The predicted octanol–water partition coefficient (Wildman–Crippen LogP) is 1.90. The standard InChI is InChI=1S/C14H23N3O2/c1-2-3-11-6-8-17(9-7-11)10-12-4-5-13(19-12)14(18)16-15/h4-5,11H,2-3,6-10,15H2,1H3,(H,16,18). The number of hydrogen-bond acceptors (Lipinski definition) is 4. The second-order valence-corrected chi connectivity index (χ2v) is 5.25. The van der Waals surface area contributed by atoms with Crippen LogP contribution in [0.5, 0.6) is 0 Å². The summed E-state index contributed by atoms with van der Waals surface area (Å²) in [6, 6.07) is 3.52. The van der Waals surface area contributed by atoms with Gasteiger partial charge in [-0.1, -0.05) is 19.8 Å². The fourth-order valence-electron chi connectivity index (χ4n) is 2.72. The van der Waals surface area contributed by atoms with E-state index < -0.39 is 0 Å². The third kappa shape index (κ3) is 3.81. The molecule has 0 bridgehead atoms. The second-order valence-electron chi connectivity index (χ2n) is 5.25. The van der Waals surface area contributed by atoms with Crippen molar-refractivity contribution in [3.8, 4) is 0 Å². The van der Waals surface area contributed by atoms with Crippen molar-refractivity contribution < 1.29 is 9.21 Å². The van der Waals surface area contributed by atoms with Crippen molar-refractivity contribution in [2.75, 3.05) is 13.1 Å². The first-order chi connectivity index (χ1) is 9.22. The van der Waals surface area contributed by atoms with Gasteiger partial charge in [0.2, 0.25) is 0 Å². The van der Waals surface area contributed by atoms with Crippen molar-refractivity contribution in [1.29, 1.82) is 0 Å². The first-order valence-electron chi connectivity index (χ1n) is 7.05. The molecule has 1 saturated heterocycles. The van der Waals surface area contributed by atoms with E-state index >= 15 is 0 Å². The Labute approximate surface area is 114 Å². The molecule has 0 radical (unpaired) electrons. The molecule has 1 fully saturated rings. The molecule has 1 aliphatic heterocycles. The number of rotatable bonds is 5. The summed E-state index contributed by atoms with van der Waals surface area (Å²) in [4.78, 5) is 13.7. The van der Waals surface area contributed by atoms with E-state index in [1.165, 1.54) is 25.7 Å². The molecule has 5 heteroatoms. The van der Waals surface area contributed by atoms with Gasteiger partial charge in [-0.2, -0.15) is 0 Å². The summed E-state index contributed by atoms with van der Waals surface area (Å²) >= 11 is 0. The molecule has 0 saturated carbocycles. The highest BCUT2D eigenvalue weighted by atomic mass is 16.4. The maximum atomic E-state index is 11.3. The summed E-state index contributed by atoms with van der Waals surface area (Å²) in [6.45, 7) is 5.25. The lowest BCUT2D eigenvalue weighted by Gasteiger charge is -2.31. The van der Waals surface area contributed by atoms with Gasteiger partial charge in [-0.15, -0.1) is 0 Å². The van der Waals surface area contributed by atoms with Gasteiger partial charge in [0.25, 0.3) is 0 Å². The van der Waals surface area contributed by atoms with Crippen LogP contribution in [0, 0.1) is 5.92 Å². The van der Waals surface area contributed by atoms with Gasteiger partial charge in [0, 0.05) is 0 Å². The SMILES string of the molecule is CCCC1CCN(Cc2ccc(C(=O)NN)o2)CC1. The van der Waals surface area contributed by atoms with E-state index in [0.717, 1.165) is 31.3 Å². The van der Waals surface area contributed by atoms with Crippen molar-refractivity contribution in [2.45, 2.75) is 39.2 Å². The smallest absolute Gasteiger partial charge is 0.300 e. The van der Waals surface area contributed by atoms with Crippen LogP contribution < -0.4 is 11.3 Å². The molecule has 1 aromatic rings. The predicted molar refractivity (Wildman–Crippen MR) is 73.3 cm³/mol. The Bertz CT molecular complexity index is 409. The van der Waals surface area contributed by atoms with Crippen molar-refractivity contribution in [3.63, 3.8) is 0 Å². The number of nitrogens with two attached hydrogens (primary N) is 1. The monoisotopic (exact) mass is 265 g/mol. The molecule has 0 aromatic carbocycles. The highest BCUT2D eigenvalue weighted by Gasteiger charge is 2.19. The van der Waals surface area contributed by atoms with E-state index in [4.69, 9.17) is 10.3 Å². The lowest BCUT2D eigenvalue weighted by Crippen LogP contribution is -2.33. The Morgan fingerprint density at radius 2 is 2.21 bits per heavy atom. The van der Waals surface area contributed by atoms with E-state index in [-0.39, 0.29) is 11.7 Å². The molecule has 1 aliphatic rings. The molecule has 2 heterocycles. The zero-order chi connectivity index (χ0) is 13.7. The maximum absolute atomic E-state index is 11.3. The van der Waals surface area contributed by atoms with Crippen LogP contribution in [0.2, 0.25) is 0 Å². The molecule has 0 atom stereocenters. The Morgan fingerprint density at radius 3 is 2.84 bits per heavy atom. The van der Waals surface area contributed by atoms with Crippen molar-refractivity contribution in [1.82, 2.24) is 10.3 Å². The summed E-state index contributed by atoms with van der Waals surface area (Å²) < 4.78 is 5.48. The zero-order valence-corrected chi connectivity index (χ0v) is 11.5. The third-order valence-corrected chi connectivity index (χ3v) is 3.80. The van der Waals surface area contributed by atoms with Crippen LogP contribution in [0.1, 0.15) is 48.9 Å². The lowest BCUT2D eigenvalue weighted by molar-refractivity contribution is 0.0920. The topological polar surface area (TPSA) is 71.5 Å². The molecule has 19 heavy (non-hydrogen) atoms. The minimum atomic E-state index is -0.382. The first kappa shape index (κ1) is 14.1. The normalized spacial score (nSPS) is 17.6. The van der Waals surface area contributed by atoms with Gasteiger partial charge in [0.1, 0.15) is 5.76 Å². The average molecular weight is 265 g/mol. The molecule has 3 N–H and O–H groups in total. The highest BCUT2D eigenvalue weighted by Crippen LogP contribution is 2.23. The number of amides is 1. The van der Waals surface area contributed by atoms with Crippen LogP contribution in [0.4, 0.5) is 0 Å². The minimum absolute atomic E-state index is 0.276. The van der Waals surface area contributed by atoms with Gasteiger partial charge in [0.05, 0.1) is 6.54 Å². The van der Waals surface area contributed by atoms with E-state index in [9.17, 15) is 4.79 Å². The zero-order valence-electron chi connectivity index (χ0n) is 11.5. The van der Waals surface area contributed by atoms with E-state index in [0.29, 0.717) is 0 Å². The largest absolute Gasteiger partial charge is 0.455 e. The Kier molecular flexibility index (Phi) is 4.99. The van der Waals surface area contributed by atoms with Gasteiger partial charge >= 0.3 is 5.91 Å². The van der Waals surface area contributed by atoms with Crippen molar-refractivity contribution in [3.05, 3.63) is 23.7 Å². The fraction of sp³-hybridized carbons (Fsp3) is 0.643. The number of nitrogens with one attached hydrogen (secondary N) is 1. The minimum Gasteiger partial charge on any atom is -0.455 e. The van der Waals surface area contributed by atoms with Crippen LogP contribution in [0.15, 0.2) is 16.5 Å². The molecule has 0 unspecified atom stereocenters. The number of hydrogen-bond donors (Lipinski definition) is 2. The molecule has 1 amide bonds. The molecule has 1 aromatic heterocycles. The highest BCUT2D eigenvalue weighted by molar-refractivity contribution is 5.90. The summed E-state index contributed by atoms with van der Waals surface area (Å²) in [5.41, 5.74) is 2.07. The molecule has 2 rings (SSSR count). The van der Waals surface area contributed by atoms with Gasteiger partial charge in [0.15, 0.2) is 5.76 Å². The number of furan rings is 1. The van der Waals surface area contributed by atoms with Crippen LogP contribution in [0.3, 0.4) is 0 Å². The number of hydrazine groups is 1. The maximum Gasteiger partial charge on any atom is 0.300 e. The Hall–Kier alpha value is -1.33. The summed E-state index contributed by atoms with van der Waals surface area (Å²) in [6.07, 6.45) is 5.16. The van der Waals surface area contributed by atoms with Gasteiger partial charge in [-0.3, -0.25) is 15.1 Å². The summed E-state index contributed by atoms with van der Waals surface area (Å²) in [5.74, 6) is 6.68. The molecule has 0 spiro atoms. The number of carbonyl (C=O) groups is 1. The number of piperidine rings is 1. The van der Waals surface area contributed by atoms with Crippen LogP contribution in [-0.2, 0) is 6.54 Å². The lowest BCUT2D eigenvalue weighted by atomic mass is 9.92.